The van der Waals surface area contributed by atoms with Gasteiger partial charge in [0.05, 0.1) is 11.1 Å². The lowest BCUT2D eigenvalue weighted by Crippen LogP contribution is -2.29. The monoisotopic (exact) mass is 769 g/mol. The van der Waals surface area contributed by atoms with Crippen molar-refractivity contribution in [3.8, 4) is 33.4 Å². The minimum Gasteiger partial charge on any atom is -0.310 e. The lowest BCUT2D eigenvalue weighted by molar-refractivity contribution is 0.649. The van der Waals surface area contributed by atoms with E-state index in [4.69, 9.17) is 0 Å². The van der Waals surface area contributed by atoms with Gasteiger partial charge in [-0.15, -0.1) is 0 Å². The zero-order chi connectivity index (χ0) is 40.8. The number of nitrogens with zero attached hydrogens (tertiary/aromatic N) is 1. The van der Waals surface area contributed by atoms with Crippen LogP contribution in [0.25, 0.3) is 39.0 Å². The molecule has 10 rings (SSSR count). The molecule has 2 aliphatic carbocycles. The maximum Gasteiger partial charge on any atom is 0.0714 e. The highest BCUT2D eigenvalue weighted by Gasteiger charge is 2.47. The van der Waals surface area contributed by atoms with Crippen LogP contribution in [-0.2, 0) is 10.8 Å². The van der Waals surface area contributed by atoms with Crippen molar-refractivity contribution < 1.29 is 0 Å². The van der Waals surface area contributed by atoms with Gasteiger partial charge in [-0.1, -0.05) is 209 Å². The summed E-state index contributed by atoms with van der Waals surface area (Å²) in [5, 5.41) is 0. The highest BCUT2D eigenvalue weighted by Crippen LogP contribution is 2.59. The van der Waals surface area contributed by atoms with E-state index >= 15 is 0 Å². The van der Waals surface area contributed by atoms with E-state index in [1.54, 1.807) is 0 Å². The summed E-state index contributed by atoms with van der Waals surface area (Å²) < 4.78 is 0. The fourth-order valence-electron chi connectivity index (χ4n) is 10.2. The molecule has 0 bridgehead atoms. The average Bonchev–Trinajstić information content (AvgIpc) is 3.70. The number of para-hydroxylation sites is 1. The van der Waals surface area contributed by atoms with Crippen LogP contribution in [0.4, 0.5) is 17.1 Å². The van der Waals surface area contributed by atoms with Crippen molar-refractivity contribution in [2.75, 3.05) is 4.90 Å². The van der Waals surface area contributed by atoms with E-state index in [1.807, 2.05) is 6.08 Å². The van der Waals surface area contributed by atoms with E-state index in [-0.39, 0.29) is 5.41 Å². The van der Waals surface area contributed by atoms with E-state index in [9.17, 15) is 0 Å². The first-order chi connectivity index (χ1) is 29.4. The molecule has 8 aromatic rings. The Labute approximate surface area is 355 Å². The second kappa shape index (κ2) is 14.9. The van der Waals surface area contributed by atoms with Gasteiger partial charge in [-0.2, -0.15) is 0 Å². The van der Waals surface area contributed by atoms with Crippen LogP contribution in [0.5, 0.6) is 0 Å². The van der Waals surface area contributed by atoms with Crippen LogP contribution >= 0.6 is 0 Å². The zero-order valence-corrected chi connectivity index (χ0v) is 34.4. The molecule has 0 fully saturated rings. The predicted octanol–water partition coefficient (Wildman–Crippen LogP) is 15.7. The van der Waals surface area contributed by atoms with Gasteiger partial charge < -0.3 is 4.90 Å². The first kappa shape index (κ1) is 37.1. The molecule has 0 amide bonds. The third-order valence-electron chi connectivity index (χ3n) is 13.0. The number of anilines is 3. The van der Waals surface area contributed by atoms with Gasteiger partial charge >= 0.3 is 0 Å². The normalized spacial score (nSPS) is 16.1. The first-order valence-corrected chi connectivity index (χ1v) is 21.0. The van der Waals surface area contributed by atoms with Gasteiger partial charge in [0.1, 0.15) is 0 Å². The SMILES string of the molecule is C=C/C=C\C1=C(C)c2ccc(C3(c4ccccc4)c4ccccc4-c4ccc(N(c5ccc(-c6ccccc6)cc5)c5ccccc5-c5ccccc5)cc43)cc2C1(C)C. The molecule has 0 N–H and O–H groups in total. The van der Waals surface area contributed by atoms with E-state index in [2.05, 4.69) is 245 Å². The Hall–Kier alpha value is -7.22. The van der Waals surface area contributed by atoms with Crippen molar-refractivity contribution >= 4 is 22.6 Å². The number of rotatable bonds is 9. The van der Waals surface area contributed by atoms with Crippen LogP contribution in [0.2, 0.25) is 0 Å². The van der Waals surface area contributed by atoms with Crippen molar-refractivity contribution in [2.24, 2.45) is 0 Å². The maximum absolute atomic E-state index is 3.98. The Bertz CT molecular complexity index is 2950. The summed E-state index contributed by atoms with van der Waals surface area (Å²) in [6.45, 7) is 11.0. The summed E-state index contributed by atoms with van der Waals surface area (Å²) in [6, 6.07) is 73.9. The van der Waals surface area contributed by atoms with Crippen LogP contribution in [0, 0.1) is 0 Å². The molecule has 0 saturated carbocycles. The highest BCUT2D eigenvalue weighted by molar-refractivity contribution is 5.93. The molecule has 2 aliphatic rings. The molecule has 0 radical (unpaired) electrons. The summed E-state index contributed by atoms with van der Waals surface area (Å²) in [4.78, 5) is 2.45. The van der Waals surface area contributed by atoms with Gasteiger partial charge in [-0.3, -0.25) is 0 Å². The van der Waals surface area contributed by atoms with E-state index in [0.717, 1.165) is 17.1 Å². The first-order valence-electron chi connectivity index (χ1n) is 21.0. The van der Waals surface area contributed by atoms with Crippen LogP contribution < -0.4 is 4.90 Å². The molecule has 0 aliphatic heterocycles. The van der Waals surface area contributed by atoms with Crippen molar-refractivity contribution in [1.82, 2.24) is 0 Å². The Kier molecular flexibility index (Phi) is 9.18. The van der Waals surface area contributed by atoms with Crippen LogP contribution in [0.1, 0.15) is 54.2 Å². The Morgan fingerprint density at radius 2 is 1.02 bits per heavy atom. The van der Waals surface area contributed by atoms with Gasteiger partial charge in [0.2, 0.25) is 0 Å². The minimum atomic E-state index is -0.580. The fourth-order valence-corrected chi connectivity index (χ4v) is 10.2. The van der Waals surface area contributed by atoms with Crippen LogP contribution in [0.15, 0.2) is 231 Å². The van der Waals surface area contributed by atoms with Crippen LogP contribution in [0.3, 0.4) is 0 Å². The third-order valence-corrected chi connectivity index (χ3v) is 13.0. The summed E-state index contributed by atoms with van der Waals surface area (Å²) >= 11 is 0. The third kappa shape index (κ3) is 5.84. The van der Waals surface area contributed by atoms with Crippen molar-refractivity contribution in [3.05, 3.63) is 264 Å². The Morgan fingerprint density at radius 1 is 0.450 bits per heavy atom. The smallest absolute Gasteiger partial charge is 0.0714 e. The zero-order valence-electron chi connectivity index (χ0n) is 34.4. The topological polar surface area (TPSA) is 3.24 Å². The summed E-state index contributed by atoms with van der Waals surface area (Å²) in [5.41, 5.74) is 20.3. The molecule has 1 unspecified atom stereocenters. The quantitative estimate of drug-likeness (QED) is 0.132. The average molecular weight is 770 g/mol. The minimum absolute atomic E-state index is 0.181. The number of hydrogen-bond acceptors (Lipinski definition) is 1. The molecule has 8 aromatic carbocycles. The maximum atomic E-state index is 3.98. The molecule has 0 aromatic heterocycles. The molecule has 0 saturated heterocycles. The summed E-state index contributed by atoms with van der Waals surface area (Å²) in [7, 11) is 0. The molecule has 1 heteroatoms. The second-order valence-electron chi connectivity index (χ2n) is 16.5. The summed E-state index contributed by atoms with van der Waals surface area (Å²) in [5.74, 6) is 0. The van der Waals surface area contributed by atoms with Gasteiger partial charge in [-0.05, 0) is 110 Å². The van der Waals surface area contributed by atoms with Crippen molar-refractivity contribution in [2.45, 2.75) is 31.6 Å². The molecule has 0 spiro atoms. The predicted molar refractivity (Wildman–Crippen MR) is 254 cm³/mol. The van der Waals surface area contributed by atoms with Crippen molar-refractivity contribution in [3.63, 3.8) is 0 Å². The molecular weight excluding hydrogens is 723 g/mol. The van der Waals surface area contributed by atoms with Gasteiger partial charge in [-0.25, -0.2) is 0 Å². The Morgan fingerprint density at radius 3 is 1.73 bits per heavy atom. The summed E-state index contributed by atoms with van der Waals surface area (Å²) in [6.07, 6.45) is 6.19. The largest absolute Gasteiger partial charge is 0.310 e. The van der Waals surface area contributed by atoms with E-state index in [1.165, 1.54) is 77.9 Å². The molecule has 0 heterocycles. The molecule has 1 nitrogen and oxygen atoms in total. The molecular formula is C59H47N. The number of allylic oxidation sites excluding steroid dienone is 5. The number of fused-ring (bicyclic) bond motifs is 4. The van der Waals surface area contributed by atoms with Crippen molar-refractivity contribution in [1.29, 1.82) is 0 Å². The van der Waals surface area contributed by atoms with Crippen LogP contribution in [-0.4, -0.2) is 0 Å². The highest BCUT2D eigenvalue weighted by atomic mass is 15.1. The van der Waals surface area contributed by atoms with Gasteiger partial charge in [0.15, 0.2) is 0 Å². The number of benzene rings is 8. The molecule has 1 atom stereocenters. The van der Waals surface area contributed by atoms with Gasteiger partial charge in [0, 0.05) is 22.4 Å². The molecule has 60 heavy (non-hydrogen) atoms. The Balaban J connectivity index is 1.23. The van der Waals surface area contributed by atoms with E-state index < -0.39 is 5.41 Å². The lowest BCUT2D eigenvalue weighted by atomic mass is 9.66. The second-order valence-corrected chi connectivity index (χ2v) is 16.5. The fraction of sp³-hybridized carbons (Fsp3) is 0.0847. The van der Waals surface area contributed by atoms with E-state index in [0.29, 0.717) is 0 Å². The lowest BCUT2D eigenvalue weighted by Gasteiger charge is -2.36. The standard InChI is InChI=1S/C59H47N/c1-5-6-28-53-41(2)49-37-33-46(39-55(49)58(53,3)4)59(45-24-14-9-15-25-45)54-29-18-16-27-51(54)52-38-36-48(40-56(52)59)60(47-34-31-43(32-35-47)42-20-10-7-11-21-42)57-30-19-17-26-50(57)44-22-12-8-13-23-44/h5-40H,1H2,2-4H3/b28-6-. The number of hydrogen-bond donors (Lipinski definition) is 0. The van der Waals surface area contributed by atoms with Gasteiger partial charge in [0.25, 0.3) is 0 Å². The molecule has 288 valence electrons.